The first-order valence-corrected chi connectivity index (χ1v) is 7.20. The van der Waals surface area contributed by atoms with Crippen LogP contribution in [-0.2, 0) is 21.4 Å². The minimum Gasteiger partial charge on any atom is -0.494 e. The molecule has 20 heavy (non-hydrogen) atoms. The van der Waals surface area contributed by atoms with Crippen LogP contribution < -0.4 is 4.74 Å². The number of rotatable bonds is 6. The topological polar surface area (TPSA) is 83.9 Å². The maximum atomic E-state index is 13.5. The summed E-state index contributed by atoms with van der Waals surface area (Å²) >= 11 is 0. The highest BCUT2D eigenvalue weighted by atomic mass is 32.2. The number of nitrogens with zero attached hydrogens (tertiary/aromatic N) is 1. The molecule has 8 heteroatoms. The third-order valence-electron chi connectivity index (χ3n) is 2.85. The van der Waals surface area contributed by atoms with Crippen LogP contribution in [0.1, 0.15) is 12.5 Å². The van der Waals surface area contributed by atoms with Crippen molar-refractivity contribution in [2.45, 2.75) is 18.7 Å². The number of ether oxygens (including phenoxy) is 1. The fraction of sp³-hybridized carbons (Fsp3) is 0.417. The Bertz CT molecular complexity index is 602. The SMILES string of the molecule is COc1ccc(CN(C)S(=O)(=O)C(C)C(=O)O)cc1F. The summed E-state index contributed by atoms with van der Waals surface area (Å²) in [6.07, 6.45) is 0. The Morgan fingerprint density at radius 2 is 2.10 bits per heavy atom. The van der Waals surface area contributed by atoms with Crippen LogP contribution in [0.25, 0.3) is 0 Å². The Hall–Kier alpha value is -1.67. The lowest BCUT2D eigenvalue weighted by Crippen LogP contribution is -2.38. The largest absolute Gasteiger partial charge is 0.494 e. The van der Waals surface area contributed by atoms with Gasteiger partial charge in [0, 0.05) is 13.6 Å². The van der Waals surface area contributed by atoms with E-state index in [0.29, 0.717) is 5.56 Å². The molecule has 1 aromatic rings. The van der Waals surface area contributed by atoms with E-state index in [4.69, 9.17) is 9.84 Å². The quantitative estimate of drug-likeness (QED) is 0.850. The molecule has 0 heterocycles. The van der Waals surface area contributed by atoms with Crippen LogP contribution in [0, 0.1) is 5.82 Å². The summed E-state index contributed by atoms with van der Waals surface area (Å²) in [5, 5.41) is 7.20. The van der Waals surface area contributed by atoms with E-state index in [-0.39, 0.29) is 12.3 Å². The maximum Gasteiger partial charge on any atom is 0.323 e. The lowest BCUT2D eigenvalue weighted by molar-refractivity contribution is -0.136. The average Bonchev–Trinajstić information content (AvgIpc) is 2.37. The van der Waals surface area contributed by atoms with Gasteiger partial charge in [-0.3, -0.25) is 4.79 Å². The average molecular weight is 305 g/mol. The van der Waals surface area contributed by atoms with Gasteiger partial charge >= 0.3 is 5.97 Å². The van der Waals surface area contributed by atoms with E-state index in [1.165, 1.54) is 26.3 Å². The molecule has 1 aromatic carbocycles. The third-order valence-corrected chi connectivity index (χ3v) is 4.94. The molecule has 0 aliphatic rings. The molecule has 1 atom stereocenters. The summed E-state index contributed by atoms with van der Waals surface area (Å²) in [7, 11) is -1.42. The zero-order chi connectivity index (χ0) is 15.5. The number of hydrogen-bond acceptors (Lipinski definition) is 4. The lowest BCUT2D eigenvalue weighted by Gasteiger charge is -2.20. The number of sulfonamides is 1. The first-order valence-electron chi connectivity index (χ1n) is 5.70. The summed E-state index contributed by atoms with van der Waals surface area (Å²) in [6.45, 7) is 0.962. The van der Waals surface area contributed by atoms with Crippen LogP contribution in [0.4, 0.5) is 4.39 Å². The van der Waals surface area contributed by atoms with E-state index in [2.05, 4.69) is 0 Å². The molecule has 0 saturated carbocycles. The number of benzene rings is 1. The Morgan fingerprint density at radius 1 is 1.50 bits per heavy atom. The molecule has 1 unspecified atom stereocenters. The lowest BCUT2D eigenvalue weighted by atomic mass is 10.2. The van der Waals surface area contributed by atoms with E-state index in [1.54, 1.807) is 0 Å². The second-order valence-electron chi connectivity index (χ2n) is 4.25. The van der Waals surface area contributed by atoms with Gasteiger partial charge in [-0.25, -0.2) is 12.8 Å². The van der Waals surface area contributed by atoms with Crippen molar-refractivity contribution >= 4 is 16.0 Å². The van der Waals surface area contributed by atoms with E-state index in [9.17, 15) is 17.6 Å². The summed E-state index contributed by atoms with van der Waals surface area (Å²) < 4.78 is 43.0. The fourth-order valence-corrected chi connectivity index (χ4v) is 2.68. The Morgan fingerprint density at radius 3 is 2.55 bits per heavy atom. The third kappa shape index (κ3) is 3.45. The molecule has 0 amide bonds. The minimum absolute atomic E-state index is 0.0539. The van der Waals surface area contributed by atoms with Gasteiger partial charge in [-0.2, -0.15) is 4.31 Å². The van der Waals surface area contributed by atoms with Gasteiger partial charge in [-0.05, 0) is 24.6 Å². The number of aliphatic carboxylic acids is 1. The van der Waals surface area contributed by atoms with E-state index in [0.717, 1.165) is 17.3 Å². The molecule has 0 aliphatic carbocycles. The van der Waals surface area contributed by atoms with Gasteiger partial charge in [0.2, 0.25) is 10.0 Å². The van der Waals surface area contributed by atoms with E-state index in [1.807, 2.05) is 0 Å². The van der Waals surface area contributed by atoms with Gasteiger partial charge < -0.3 is 9.84 Å². The summed E-state index contributed by atoms with van der Waals surface area (Å²) in [6, 6.07) is 4.04. The molecule has 112 valence electrons. The highest BCUT2D eigenvalue weighted by Crippen LogP contribution is 2.19. The standard InChI is InChI=1S/C12H16FNO5S/c1-8(12(15)16)20(17,18)14(2)7-9-4-5-11(19-3)10(13)6-9/h4-6,8H,7H2,1-3H3,(H,15,16). The summed E-state index contributed by atoms with van der Waals surface area (Å²) in [4.78, 5) is 10.8. The summed E-state index contributed by atoms with van der Waals surface area (Å²) in [5.41, 5.74) is 0.395. The highest BCUT2D eigenvalue weighted by molar-refractivity contribution is 7.90. The Kier molecular flexibility index (Phi) is 5.07. The number of methoxy groups -OCH3 is 1. The number of carbonyl (C=O) groups is 1. The van der Waals surface area contributed by atoms with E-state index >= 15 is 0 Å². The van der Waals surface area contributed by atoms with Crippen LogP contribution in [0.15, 0.2) is 18.2 Å². The van der Waals surface area contributed by atoms with Crippen molar-refractivity contribution in [3.8, 4) is 5.75 Å². The van der Waals surface area contributed by atoms with Gasteiger partial charge in [0.25, 0.3) is 0 Å². The van der Waals surface area contributed by atoms with Crippen molar-refractivity contribution in [3.63, 3.8) is 0 Å². The molecule has 6 nitrogen and oxygen atoms in total. The van der Waals surface area contributed by atoms with Gasteiger partial charge in [-0.15, -0.1) is 0 Å². The van der Waals surface area contributed by atoms with Gasteiger partial charge in [0.1, 0.15) is 0 Å². The van der Waals surface area contributed by atoms with Crippen LogP contribution in [0.3, 0.4) is 0 Å². The predicted octanol–water partition coefficient (Wildman–Crippen LogP) is 1.07. The van der Waals surface area contributed by atoms with Crippen molar-refractivity contribution in [1.82, 2.24) is 4.31 Å². The second kappa shape index (κ2) is 6.19. The van der Waals surface area contributed by atoms with Gasteiger partial charge in [-0.1, -0.05) is 6.07 Å². The fourth-order valence-electron chi connectivity index (χ4n) is 1.55. The Balaban J connectivity index is 2.93. The van der Waals surface area contributed by atoms with Crippen molar-refractivity contribution in [1.29, 1.82) is 0 Å². The second-order valence-corrected chi connectivity index (χ2v) is 6.61. The molecule has 0 spiro atoms. The molecule has 1 rings (SSSR count). The molecule has 0 bridgehead atoms. The van der Waals surface area contributed by atoms with Crippen molar-refractivity contribution in [2.75, 3.05) is 14.2 Å². The number of carboxylic acid groups (broad SMARTS) is 1. The highest BCUT2D eigenvalue weighted by Gasteiger charge is 2.31. The molecular formula is C12H16FNO5S. The molecule has 0 saturated heterocycles. The zero-order valence-electron chi connectivity index (χ0n) is 11.3. The summed E-state index contributed by atoms with van der Waals surface area (Å²) in [5.74, 6) is -1.99. The number of hydrogen-bond donors (Lipinski definition) is 1. The smallest absolute Gasteiger partial charge is 0.323 e. The molecular weight excluding hydrogens is 289 g/mol. The van der Waals surface area contributed by atoms with Gasteiger partial charge in [0.05, 0.1) is 7.11 Å². The van der Waals surface area contributed by atoms with Crippen molar-refractivity contribution < 1.29 is 27.4 Å². The normalized spacial score (nSPS) is 13.2. The number of halogens is 1. The van der Waals surface area contributed by atoms with Crippen LogP contribution in [0.2, 0.25) is 0 Å². The van der Waals surface area contributed by atoms with Crippen molar-refractivity contribution in [2.24, 2.45) is 0 Å². The molecule has 0 aliphatic heterocycles. The first-order chi connectivity index (χ1) is 9.20. The molecule has 0 aromatic heterocycles. The molecule has 0 fully saturated rings. The zero-order valence-corrected chi connectivity index (χ0v) is 12.1. The monoisotopic (exact) mass is 305 g/mol. The number of carboxylic acids is 1. The molecule has 0 radical (unpaired) electrons. The van der Waals surface area contributed by atoms with Gasteiger partial charge in [0.15, 0.2) is 16.8 Å². The predicted molar refractivity (Wildman–Crippen MR) is 70.4 cm³/mol. The van der Waals surface area contributed by atoms with Crippen LogP contribution in [0.5, 0.6) is 5.75 Å². The first kappa shape index (κ1) is 16.4. The van der Waals surface area contributed by atoms with Crippen LogP contribution in [-0.4, -0.2) is 43.2 Å². The molecule has 1 N–H and O–H groups in total. The minimum atomic E-state index is -3.98. The maximum absolute atomic E-state index is 13.5. The van der Waals surface area contributed by atoms with E-state index < -0.39 is 27.1 Å². The van der Waals surface area contributed by atoms with Crippen molar-refractivity contribution in [3.05, 3.63) is 29.6 Å². The Labute approximate surface area is 116 Å². The van der Waals surface area contributed by atoms with Crippen LogP contribution >= 0.6 is 0 Å².